The molecule has 1 fully saturated rings. The third-order valence-corrected chi connectivity index (χ3v) is 4.17. The van der Waals surface area contributed by atoms with Crippen LogP contribution in [0.5, 0.6) is 0 Å². The Morgan fingerprint density at radius 1 is 1.40 bits per heavy atom. The van der Waals surface area contributed by atoms with E-state index in [0.29, 0.717) is 5.69 Å². The molecule has 3 heterocycles. The fourth-order valence-corrected chi connectivity index (χ4v) is 3.24. The third kappa shape index (κ3) is 2.14. The number of carbonyl (C=O) groups excluding carboxylic acids is 1. The van der Waals surface area contributed by atoms with Crippen molar-refractivity contribution in [2.45, 2.75) is 5.37 Å². The van der Waals surface area contributed by atoms with E-state index in [2.05, 4.69) is 15.2 Å². The lowest BCUT2D eigenvalue weighted by atomic mass is 10.3. The van der Waals surface area contributed by atoms with E-state index in [1.807, 2.05) is 12.1 Å². The van der Waals surface area contributed by atoms with Gasteiger partial charge in [-0.3, -0.25) is 19.7 Å². The van der Waals surface area contributed by atoms with Gasteiger partial charge in [-0.25, -0.2) is 5.01 Å². The monoisotopic (exact) mass is 307 g/mol. The number of H-pyrrole nitrogens is 1. The molecule has 1 unspecified atom stereocenters. The van der Waals surface area contributed by atoms with Gasteiger partial charge in [0.2, 0.25) is 4.77 Å². The van der Waals surface area contributed by atoms with Gasteiger partial charge in [-0.05, 0) is 24.4 Å². The standard InChI is InChI=1S/C11H9N5O2S2/c17-8-5-13-14-11(19)16(8)15-9(18)6-20-10(15)7-3-1-2-4-12-7/h1-5,10H,6H2,(H,14,19). The van der Waals surface area contributed by atoms with Crippen molar-refractivity contribution in [2.75, 3.05) is 10.8 Å². The summed E-state index contributed by atoms with van der Waals surface area (Å²) in [6, 6.07) is 5.43. The van der Waals surface area contributed by atoms with E-state index in [9.17, 15) is 9.59 Å². The highest BCUT2D eigenvalue weighted by molar-refractivity contribution is 8.00. The highest BCUT2D eigenvalue weighted by atomic mass is 32.2. The molecular formula is C11H9N5O2S2. The smallest absolute Gasteiger partial charge is 0.272 e. The number of thioether (sulfide) groups is 1. The lowest BCUT2D eigenvalue weighted by molar-refractivity contribution is -0.117. The molecule has 20 heavy (non-hydrogen) atoms. The van der Waals surface area contributed by atoms with Gasteiger partial charge >= 0.3 is 0 Å². The van der Waals surface area contributed by atoms with Crippen LogP contribution in [0.4, 0.5) is 0 Å². The maximum absolute atomic E-state index is 12.1. The van der Waals surface area contributed by atoms with Crippen LogP contribution in [0.25, 0.3) is 0 Å². The van der Waals surface area contributed by atoms with Gasteiger partial charge in [-0.15, -0.1) is 11.8 Å². The molecule has 1 N–H and O–H groups in total. The quantitative estimate of drug-likeness (QED) is 0.818. The van der Waals surface area contributed by atoms with E-state index in [-0.39, 0.29) is 21.8 Å². The van der Waals surface area contributed by atoms with Crippen molar-refractivity contribution in [1.29, 1.82) is 0 Å². The van der Waals surface area contributed by atoms with Gasteiger partial charge in [-0.2, -0.15) is 9.77 Å². The predicted octanol–water partition coefficient (Wildman–Crippen LogP) is 0.606. The Morgan fingerprint density at radius 2 is 2.25 bits per heavy atom. The molecule has 0 spiro atoms. The lowest BCUT2D eigenvalue weighted by Gasteiger charge is -2.24. The normalized spacial score (nSPS) is 18.5. The topological polar surface area (TPSA) is 83.9 Å². The first kappa shape index (κ1) is 13.0. The molecule has 0 bridgehead atoms. The first-order valence-corrected chi connectivity index (χ1v) is 7.16. The minimum atomic E-state index is -0.453. The second-order valence-electron chi connectivity index (χ2n) is 3.98. The average Bonchev–Trinajstić information content (AvgIpc) is 2.82. The lowest BCUT2D eigenvalue weighted by Crippen LogP contribution is -2.45. The molecule has 7 nitrogen and oxygen atoms in total. The van der Waals surface area contributed by atoms with Gasteiger partial charge in [0.25, 0.3) is 11.5 Å². The molecule has 0 aliphatic carbocycles. The number of nitrogens with zero attached hydrogens (tertiary/aromatic N) is 4. The Labute approximate surface area is 122 Å². The summed E-state index contributed by atoms with van der Waals surface area (Å²) < 4.78 is 1.21. The fraction of sp³-hybridized carbons (Fsp3) is 0.182. The maximum atomic E-state index is 12.1. The number of aromatic amines is 1. The zero-order chi connectivity index (χ0) is 14.1. The molecule has 102 valence electrons. The number of hydrogen-bond donors (Lipinski definition) is 1. The Kier molecular flexibility index (Phi) is 3.36. The van der Waals surface area contributed by atoms with Crippen molar-refractivity contribution >= 4 is 29.9 Å². The van der Waals surface area contributed by atoms with Crippen molar-refractivity contribution in [3.63, 3.8) is 0 Å². The number of hydrogen-bond acceptors (Lipinski definition) is 6. The number of aromatic nitrogens is 4. The Balaban J connectivity index is 2.13. The number of carbonyl (C=O) groups is 1. The summed E-state index contributed by atoms with van der Waals surface area (Å²) in [7, 11) is 0. The van der Waals surface area contributed by atoms with Gasteiger partial charge < -0.3 is 0 Å². The number of pyridine rings is 1. The summed E-state index contributed by atoms with van der Waals surface area (Å²) >= 11 is 6.45. The molecule has 9 heteroatoms. The molecule has 0 saturated carbocycles. The summed E-state index contributed by atoms with van der Waals surface area (Å²) in [4.78, 5) is 28.3. The van der Waals surface area contributed by atoms with Crippen LogP contribution in [0.15, 0.2) is 35.4 Å². The van der Waals surface area contributed by atoms with Crippen molar-refractivity contribution in [1.82, 2.24) is 19.9 Å². The predicted molar refractivity (Wildman–Crippen MR) is 76.3 cm³/mol. The van der Waals surface area contributed by atoms with Gasteiger partial charge in [0.05, 0.1) is 11.4 Å². The second kappa shape index (κ2) is 5.17. The summed E-state index contributed by atoms with van der Waals surface area (Å²) in [6.07, 6.45) is 2.73. The van der Waals surface area contributed by atoms with Crippen LogP contribution in [-0.4, -0.2) is 31.5 Å². The molecule has 1 aliphatic heterocycles. The van der Waals surface area contributed by atoms with Gasteiger partial charge in [0.1, 0.15) is 11.6 Å². The van der Waals surface area contributed by atoms with Crippen LogP contribution in [0.2, 0.25) is 0 Å². The molecule has 2 aromatic rings. The number of rotatable bonds is 2. The molecule has 1 saturated heterocycles. The van der Waals surface area contributed by atoms with Crippen LogP contribution >= 0.6 is 24.0 Å². The summed E-state index contributed by atoms with van der Waals surface area (Å²) in [5, 5.41) is 7.08. The zero-order valence-electron chi connectivity index (χ0n) is 10.1. The molecule has 3 rings (SSSR count). The molecule has 2 aromatic heterocycles. The van der Waals surface area contributed by atoms with Crippen molar-refractivity contribution < 1.29 is 4.79 Å². The zero-order valence-corrected chi connectivity index (χ0v) is 11.7. The third-order valence-electron chi connectivity index (χ3n) is 2.73. The second-order valence-corrected chi connectivity index (χ2v) is 5.44. The summed E-state index contributed by atoms with van der Waals surface area (Å²) in [6.45, 7) is 0. The van der Waals surface area contributed by atoms with Crippen LogP contribution < -0.4 is 10.6 Å². The maximum Gasteiger partial charge on any atom is 0.292 e. The SMILES string of the molecule is O=C1CSC(c2ccccn2)N1n1c(=O)cn[nH]c1=S. The molecule has 1 aliphatic rings. The fourth-order valence-electron chi connectivity index (χ4n) is 1.92. The minimum absolute atomic E-state index is 0.0780. The molecule has 0 radical (unpaired) electrons. The summed E-state index contributed by atoms with van der Waals surface area (Å²) in [5.74, 6) is 0.0728. The van der Waals surface area contributed by atoms with Crippen molar-refractivity contribution in [2.24, 2.45) is 0 Å². The first-order chi connectivity index (χ1) is 9.68. The first-order valence-electron chi connectivity index (χ1n) is 5.70. The molecule has 1 amide bonds. The number of amides is 1. The van der Waals surface area contributed by atoms with Crippen LogP contribution in [0.1, 0.15) is 11.1 Å². The van der Waals surface area contributed by atoms with Gasteiger partial charge in [-0.1, -0.05) is 6.07 Å². The Morgan fingerprint density at radius 3 is 2.95 bits per heavy atom. The molecule has 1 atom stereocenters. The van der Waals surface area contributed by atoms with Gasteiger partial charge in [0, 0.05) is 6.20 Å². The van der Waals surface area contributed by atoms with E-state index in [1.165, 1.54) is 16.8 Å². The van der Waals surface area contributed by atoms with Crippen molar-refractivity contribution in [3.05, 3.63) is 51.4 Å². The van der Waals surface area contributed by atoms with E-state index in [1.54, 1.807) is 12.3 Å². The van der Waals surface area contributed by atoms with Crippen molar-refractivity contribution in [3.8, 4) is 0 Å². The highest BCUT2D eigenvalue weighted by Crippen LogP contribution is 2.35. The average molecular weight is 307 g/mol. The van der Waals surface area contributed by atoms with E-state index >= 15 is 0 Å². The Hall–Kier alpha value is -2.00. The van der Waals surface area contributed by atoms with Gasteiger partial charge in [0.15, 0.2) is 0 Å². The van der Waals surface area contributed by atoms with Crippen LogP contribution in [0, 0.1) is 4.77 Å². The molecular weight excluding hydrogens is 298 g/mol. The van der Waals surface area contributed by atoms with E-state index in [4.69, 9.17) is 12.2 Å². The van der Waals surface area contributed by atoms with E-state index in [0.717, 1.165) is 10.9 Å². The summed E-state index contributed by atoms with van der Waals surface area (Å²) in [5.41, 5.74) is 0.243. The highest BCUT2D eigenvalue weighted by Gasteiger charge is 2.36. The van der Waals surface area contributed by atoms with E-state index < -0.39 is 5.56 Å². The number of nitrogens with one attached hydrogen (secondary N) is 1. The van der Waals surface area contributed by atoms with Crippen LogP contribution in [0.3, 0.4) is 0 Å². The minimum Gasteiger partial charge on any atom is -0.272 e. The largest absolute Gasteiger partial charge is 0.292 e. The Bertz CT molecular complexity index is 729. The molecule has 0 aromatic carbocycles. The van der Waals surface area contributed by atoms with Crippen LogP contribution in [-0.2, 0) is 4.79 Å².